The SMILES string of the molecule is C[n+]1c2ccccc2n2cc3n(c21)Cc1ccncc1-3. The molecule has 0 amide bonds. The lowest BCUT2D eigenvalue weighted by atomic mass is 10.1. The Morgan fingerprint density at radius 3 is 3.05 bits per heavy atom. The van der Waals surface area contributed by atoms with Crippen molar-refractivity contribution in [2.45, 2.75) is 6.54 Å². The molecule has 4 heteroatoms. The number of hydrogen-bond donors (Lipinski definition) is 0. The van der Waals surface area contributed by atoms with Gasteiger partial charge in [0.05, 0.1) is 13.6 Å². The third-order valence-corrected chi connectivity index (χ3v) is 4.32. The Hall–Kier alpha value is -2.62. The second-order valence-electron chi connectivity index (χ2n) is 5.35. The van der Waals surface area contributed by atoms with Crippen LogP contribution in [0.4, 0.5) is 0 Å². The molecular weight excluding hydrogens is 248 g/mol. The molecule has 0 saturated heterocycles. The molecule has 1 aromatic carbocycles. The normalized spacial score (nSPS) is 13.1. The summed E-state index contributed by atoms with van der Waals surface area (Å²) in [6, 6.07) is 10.6. The molecule has 0 spiro atoms. The molecule has 0 atom stereocenters. The Balaban J connectivity index is 1.97. The van der Waals surface area contributed by atoms with Gasteiger partial charge in [-0.2, -0.15) is 4.40 Å². The Morgan fingerprint density at radius 2 is 2.10 bits per heavy atom. The van der Waals surface area contributed by atoms with Gasteiger partial charge in [0.15, 0.2) is 0 Å². The molecule has 0 N–H and O–H groups in total. The largest absolute Gasteiger partial charge is 0.370 e. The number of para-hydroxylation sites is 2. The summed E-state index contributed by atoms with van der Waals surface area (Å²) in [6.45, 7) is 0.924. The number of aromatic nitrogens is 4. The van der Waals surface area contributed by atoms with Crippen LogP contribution in [-0.4, -0.2) is 14.0 Å². The van der Waals surface area contributed by atoms with E-state index < -0.39 is 0 Å². The van der Waals surface area contributed by atoms with E-state index in [1.54, 1.807) is 0 Å². The monoisotopic (exact) mass is 261 g/mol. The van der Waals surface area contributed by atoms with Crippen LogP contribution in [0.1, 0.15) is 5.56 Å². The molecule has 96 valence electrons. The number of benzene rings is 1. The van der Waals surface area contributed by atoms with Crippen LogP contribution in [0, 0.1) is 0 Å². The molecule has 0 saturated carbocycles. The van der Waals surface area contributed by atoms with Crippen molar-refractivity contribution in [1.82, 2.24) is 14.0 Å². The van der Waals surface area contributed by atoms with E-state index in [1.807, 2.05) is 12.4 Å². The van der Waals surface area contributed by atoms with Crippen molar-refractivity contribution < 1.29 is 4.57 Å². The van der Waals surface area contributed by atoms with Crippen LogP contribution in [0.2, 0.25) is 0 Å². The molecule has 0 unspecified atom stereocenters. The average molecular weight is 261 g/mol. The first-order valence-corrected chi connectivity index (χ1v) is 6.76. The predicted octanol–water partition coefficient (Wildman–Crippen LogP) is 2.14. The molecule has 20 heavy (non-hydrogen) atoms. The Morgan fingerprint density at radius 1 is 1.20 bits per heavy atom. The number of nitrogens with zero attached hydrogens (tertiary/aromatic N) is 4. The fourth-order valence-corrected chi connectivity index (χ4v) is 3.40. The number of aryl methyl sites for hydroxylation is 1. The van der Waals surface area contributed by atoms with E-state index in [4.69, 9.17) is 0 Å². The molecule has 1 aliphatic heterocycles. The van der Waals surface area contributed by atoms with Gasteiger partial charge in [-0.05, 0) is 18.2 Å². The maximum Gasteiger partial charge on any atom is 0.370 e. The van der Waals surface area contributed by atoms with Gasteiger partial charge in [0.25, 0.3) is 0 Å². The Kier molecular flexibility index (Phi) is 1.67. The van der Waals surface area contributed by atoms with E-state index in [0.717, 1.165) is 6.54 Å². The molecule has 0 bridgehead atoms. The zero-order chi connectivity index (χ0) is 13.3. The Bertz CT molecular complexity index is 990. The van der Waals surface area contributed by atoms with Gasteiger partial charge in [-0.3, -0.25) is 4.98 Å². The van der Waals surface area contributed by atoms with Crippen LogP contribution >= 0.6 is 0 Å². The number of hydrogen-bond acceptors (Lipinski definition) is 1. The molecule has 1 aliphatic rings. The highest BCUT2D eigenvalue weighted by atomic mass is 15.3. The maximum absolute atomic E-state index is 4.27. The first-order chi connectivity index (χ1) is 9.84. The van der Waals surface area contributed by atoms with Crippen LogP contribution in [0.3, 0.4) is 0 Å². The lowest BCUT2D eigenvalue weighted by molar-refractivity contribution is -0.621. The minimum atomic E-state index is 0.924. The molecular formula is C16H13N4+. The third kappa shape index (κ3) is 1.04. The number of pyridine rings is 1. The summed E-state index contributed by atoms with van der Waals surface area (Å²) in [6.07, 6.45) is 6.07. The zero-order valence-corrected chi connectivity index (χ0v) is 11.1. The highest BCUT2D eigenvalue weighted by Crippen LogP contribution is 2.33. The van der Waals surface area contributed by atoms with Gasteiger partial charge in [0.1, 0.15) is 22.9 Å². The van der Waals surface area contributed by atoms with Crippen LogP contribution < -0.4 is 4.57 Å². The van der Waals surface area contributed by atoms with E-state index in [9.17, 15) is 0 Å². The first-order valence-electron chi connectivity index (χ1n) is 6.76. The van der Waals surface area contributed by atoms with Gasteiger partial charge >= 0.3 is 5.78 Å². The van der Waals surface area contributed by atoms with E-state index in [0.29, 0.717) is 0 Å². The minimum absolute atomic E-state index is 0.924. The summed E-state index contributed by atoms with van der Waals surface area (Å²) in [5, 5.41) is 0. The first kappa shape index (κ1) is 10.2. The molecule has 3 aromatic heterocycles. The van der Waals surface area contributed by atoms with Crippen LogP contribution in [0.15, 0.2) is 48.9 Å². The van der Waals surface area contributed by atoms with Crippen molar-refractivity contribution in [2.24, 2.45) is 7.05 Å². The highest BCUT2D eigenvalue weighted by molar-refractivity contribution is 5.78. The van der Waals surface area contributed by atoms with Crippen molar-refractivity contribution in [3.8, 4) is 11.3 Å². The molecule has 4 nitrogen and oxygen atoms in total. The lowest BCUT2D eigenvalue weighted by Gasteiger charge is -1.93. The molecule has 0 fully saturated rings. The standard InChI is InChI=1S/C16H13N4/c1-18-13-4-2-3-5-14(13)20-10-15-12-8-17-7-6-11(12)9-19(15)16(18)20/h2-8,10H,9H2,1H3/q+1. The summed E-state index contributed by atoms with van der Waals surface area (Å²) in [5.41, 5.74) is 6.36. The van der Waals surface area contributed by atoms with E-state index >= 15 is 0 Å². The van der Waals surface area contributed by atoms with Gasteiger partial charge in [-0.25, -0.2) is 9.13 Å². The number of imidazole rings is 2. The van der Waals surface area contributed by atoms with E-state index in [1.165, 1.54) is 33.6 Å². The maximum atomic E-state index is 4.27. The average Bonchev–Trinajstić information content (AvgIpc) is 3.09. The van der Waals surface area contributed by atoms with Crippen LogP contribution in [0.5, 0.6) is 0 Å². The molecule has 4 aromatic rings. The number of fused-ring (bicyclic) bond motifs is 7. The second-order valence-corrected chi connectivity index (χ2v) is 5.35. The van der Waals surface area contributed by atoms with Gasteiger partial charge in [-0.1, -0.05) is 12.1 Å². The van der Waals surface area contributed by atoms with Gasteiger partial charge in [0.2, 0.25) is 0 Å². The van der Waals surface area contributed by atoms with E-state index in [-0.39, 0.29) is 0 Å². The molecule has 0 radical (unpaired) electrons. The van der Waals surface area contributed by atoms with Crippen LogP contribution in [-0.2, 0) is 13.6 Å². The van der Waals surface area contributed by atoms with Gasteiger partial charge in [-0.15, -0.1) is 0 Å². The van der Waals surface area contributed by atoms with Crippen molar-refractivity contribution in [1.29, 1.82) is 0 Å². The highest BCUT2D eigenvalue weighted by Gasteiger charge is 2.30. The molecule has 5 rings (SSSR count). The summed E-state index contributed by atoms with van der Waals surface area (Å²) in [4.78, 5) is 4.27. The smallest absolute Gasteiger partial charge is 0.264 e. The van der Waals surface area contributed by atoms with Crippen molar-refractivity contribution in [2.75, 3.05) is 0 Å². The zero-order valence-electron chi connectivity index (χ0n) is 11.1. The predicted molar refractivity (Wildman–Crippen MR) is 76.4 cm³/mol. The van der Waals surface area contributed by atoms with Crippen molar-refractivity contribution in [3.05, 3.63) is 54.5 Å². The molecule has 0 aliphatic carbocycles. The second kappa shape index (κ2) is 3.28. The quantitative estimate of drug-likeness (QED) is 0.392. The summed E-state index contributed by atoms with van der Waals surface area (Å²) in [5.74, 6) is 1.22. The minimum Gasteiger partial charge on any atom is -0.264 e. The van der Waals surface area contributed by atoms with Crippen molar-refractivity contribution in [3.63, 3.8) is 0 Å². The van der Waals surface area contributed by atoms with Crippen LogP contribution in [0.25, 0.3) is 28.1 Å². The fraction of sp³-hybridized carbons (Fsp3) is 0.125. The van der Waals surface area contributed by atoms with Gasteiger partial charge in [0, 0.05) is 23.5 Å². The third-order valence-electron chi connectivity index (χ3n) is 4.32. The topological polar surface area (TPSA) is 26.1 Å². The summed E-state index contributed by atoms with van der Waals surface area (Å²) < 4.78 is 6.91. The number of rotatable bonds is 0. The lowest BCUT2D eigenvalue weighted by Crippen LogP contribution is -2.29. The summed E-state index contributed by atoms with van der Waals surface area (Å²) in [7, 11) is 2.13. The van der Waals surface area contributed by atoms with Crippen molar-refractivity contribution >= 4 is 16.8 Å². The van der Waals surface area contributed by atoms with Gasteiger partial charge < -0.3 is 0 Å². The summed E-state index contributed by atoms with van der Waals surface area (Å²) >= 11 is 0. The fourth-order valence-electron chi connectivity index (χ4n) is 3.40. The Labute approximate surface area is 115 Å². The van der Waals surface area contributed by atoms with E-state index in [2.05, 4.69) is 62.1 Å². The molecule has 4 heterocycles.